The second-order valence-electron chi connectivity index (χ2n) is 5.06. The van der Waals surface area contributed by atoms with Gasteiger partial charge in [-0.25, -0.2) is 0 Å². The van der Waals surface area contributed by atoms with E-state index in [0.29, 0.717) is 6.42 Å². The second-order valence-corrected chi connectivity index (χ2v) is 5.91. The molecule has 1 N–H and O–H groups in total. The van der Waals surface area contributed by atoms with Gasteiger partial charge in [0, 0.05) is 10.2 Å². The zero-order valence-corrected chi connectivity index (χ0v) is 12.9. The third kappa shape index (κ3) is 2.52. The monoisotopic (exact) mass is 324 g/mol. The minimum Gasteiger partial charge on any atom is -0.340 e. The largest absolute Gasteiger partial charge is 0.340 e. The van der Waals surface area contributed by atoms with Gasteiger partial charge in [0.25, 0.3) is 5.91 Å². The summed E-state index contributed by atoms with van der Waals surface area (Å²) in [7, 11) is 0. The maximum absolute atomic E-state index is 12.5. The van der Waals surface area contributed by atoms with E-state index in [1.807, 2.05) is 32.0 Å². The Morgan fingerprint density at radius 1 is 1.42 bits per heavy atom. The summed E-state index contributed by atoms with van der Waals surface area (Å²) < 4.78 is 0.932. The number of hydrogen-bond donors (Lipinski definition) is 1. The van der Waals surface area contributed by atoms with Gasteiger partial charge in [-0.15, -0.1) is 0 Å². The summed E-state index contributed by atoms with van der Waals surface area (Å²) in [4.78, 5) is 25.9. The van der Waals surface area contributed by atoms with Gasteiger partial charge in [0.15, 0.2) is 0 Å². The Labute approximate surface area is 121 Å². The predicted octanol–water partition coefficient (Wildman–Crippen LogP) is 2.39. The molecule has 1 unspecified atom stereocenters. The summed E-state index contributed by atoms with van der Waals surface area (Å²) in [6.07, 6.45) is 0.571. The second kappa shape index (κ2) is 4.96. The molecule has 102 valence electrons. The Balaban J connectivity index is 2.40. The van der Waals surface area contributed by atoms with Crippen LogP contribution >= 0.6 is 15.9 Å². The summed E-state index contributed by atoms with van der Waals surface area (Å²) >= 11 is 3.45. The Morgan fingerprint density at radius 2 is 2.11 bits per heavy atom. The van der Waals surface area contributed by atoms with Crippen LogP contribution in [0.1, 0.15) is 25.8 Å². The summed E-state index contributed by atoms with van der Waals surface area (Å²) in [5.41, 5.74) is 1.03. The van der Waals surface area contributed by atoms with E-state index >= 15 is 0 Å². The zero-order chi connectivity index (χ0) is 14.2. The zero-order valence-electron chi connectivity index (χ0n) is 11.3. The number of hydrogen-bond acceptors (Lipinski definition) is 2. The smallest absolute Gasteiger partial charge is 0.252 e. The van der Waals surface area contributed by atoms with Crippen molar-refractivity contribution in [3.63, 3.8) is 0 Å². The predicted molar refractivity (Wildman–Crippen MR) is 78.1 cm³/mol. The maximum Gasteiger partial charge on any atom is 0.252 e. The van der Waals surface area contributed by atoms with Crippen LogP contribution in [-0.4, -0.2) is 23.9 Å². The lowest BCUT2D eigenvalue weighted by molar-refractivity contribution is -0.135. The number of anilines is 1. The van der Waals surface area contributed by atoms with Crippen molar-refractivity contribution in [1.82, 2.24) is 5.32 Å². The SMILES string of the molecule is CCC1(C)NC(=O)CN(c2ccc(C)c(Br)c2)C1=O. The first-order chi connectivity index (χ1) is 8.87. The normalized spacial score (nSPS) is 23.5. The van der Waals surface area contributed by atoms with Gasteiger partial charge in [-0.05, 0) is 38.0 Å². The van der Waals surface area contributed by atoms with Crippen LogP contribution in [-0.2, 0) is 9.59 Å². The van der Waals surface area contributed by atoms with Crippen LogP contribution in [0, 0.1) is 6.92 Å². The lowest BCUT2D eigenvalue weighted by Crippen LogP contribution is -2.65. The van der Waals surface area contributed by atoms with Crippen LogP contribution in [0.15, 0.2) is 22.7 Å². The maximum atomic E-state index is 12.5. The summed E-state index contributed by atoms with van der Waals surface area (Å²) in [5.74, 6) is -0.189. The van der Waals surface area contributed by atoms with Gasteiger partial charge in [-0.3, -0.25) is 9.59 Å². The van der Waals surface area contributed by atoms with Gasteiger partial charge < -0.3 is 10.2 Å². The van der Waals surface area contributed by atoms with Gasteiger partial charge in [0.05, 0.1) is 0 Å². The molecule has 1 aromatic rings. The van der Waals surface area contributed by atoms with Crippen molar-refractivity contribution in [2.75, 3.05) is 11.4 Å². The van der Waals surface area contributed by atoms with Crippen molar-refractivity contribution >= 4 is 33.4 Å². The molecule has 4 nitrogen and oxygen atoms in total. The van der Waals surface area contributed by atoms with E-state index in [4.69, 9.17) is 0 Å². The molecule has 1 saturated heterocycles. The average Bonchev–Trinajstić information content (AvgIpc) is 2.37. The molecule has 5 heteroatoms. The molecule has 1 heterocycles. The van der Waals surface area contributed by atoms with Crippen LogP contribution in [0.25, 0.3) is 0 Å². The van der Waals surface area contributed by atoms with Gasteiger partial charge in [-0.1, -0.05) is 28.9 Å². The molecule has 1 fully saturated rings. The van der Waals surface area contributed by atoms with Gasteiger partial charge in [-0.2, -0.15) is 0 Å². The van der Waals surface area contributed by atoms with Crippen LogP contribution in [0.5, 0.6) is 0 Å². The van der Waals surface area contributed by atoms with Gasteiger partial charge in [0.2, 0.25) is 5.91 Å². The Bertz CT molecular complexity index is 544. The molecule has 1 aliphatic heterocycles. The lowest BCUT2D eigenvalue weighted by atomic mass is 9.94. The molecule has 19 heavy (non-hydrogen) atoms. The number of benzene rings is 1. The van der Waals surface area contributed by atoms with Gasteiger partial charge in [0.1, 0.15) is 12.1 Å². The number of amides is 2. The van der Waals surface area contributed by atoms with Crippen LogP contribution in [0.3, 0.4) is 0 Å². The lowest BCUT2D eigenvalue weighted by Gasteiger charge is -2.39. The first-order valence-electron chi connectivity index (χ1n) is 6.26. The van der Waals surface area contributed by atoms with E-state index in [-0.39, 0.29) is 18.4 Å². The number of rotatable bonds is 2. The van der Waals surface area contributed by atoms with E-state index in [0.717, 1.165) is 15.7 Å². The number of halogens is 1. The minimum absolute atomic E-state index is 0.0645. The van der Waals surface area contributed by atoms with E-state index in [1.165, 1.54) is 0 Å². The third-order valence-electron chi connectivity index (χ3n) is 3.61. The number of piperazine rings is 1. The molecule has 1 aliphatic rings. The van der Waals surface area contributed by atoms with Crippen LogP contribution < -0.4 is 10.2 Å². The molecule has 0 spiro atoms. The summed E-state index contributed by atoms with van der Waals surface area (Å²) in [6, 6.07) is 5.68. The molecule has 1 atom stereocenters. The van der Waals surface area contributed by atoms with E-state index in [9.17, 15) is 9.59 Å². The first-order valence-corrected chi connectivity index (χ1v) is 7.06. The number of nitrogens with one attached hydrogen (secondary N) is 1. The molecular formula is C14H17BrN2O2. The van der Waals surface area contributed by atoms with E-state index in [1.54, 1.807) is 11.8 Å². The van der Waals surface area contributed by atoms with Gasteiger partial charge >= 0.3 is 0 Å². The highest BCUT2D eigenvalue weighted by atomic mass is 79.9. The molecule has 1 aromatic carbocycles. The average molecular weight is 325 g/mol. The van der Waals surface area contributed by atoms with Crippen molar-refractivity contribution in [1.29, 1.82) is 0 Å². The Hall–Kier alpha value is -1.36. The van der Waals surface area contributed by atoms with Crippen molar-refractivity contribution in [3.05, 3.63) is 28.2 Å². The Kier molecular flexibility index (Phi) is 3.67. The fraction of sp³-hybridized carbons (Fsp3) is 0.429. The summed E-state index contributed by atoms with van der Waals surface area (Å²) in [5, 5.41) is 2.78. The fourth-order valence-electron chi connectivity index (χ4n) is 2.11. The topological polar surface area (TPSA) is 49.4 Å². The van der Waals surface area contributed by atoms with Crippen molar-refractivity contribution in [2.24, 2.45) is 0 Å². The molecule has 0 saturated carbocycles. The quantitative estimate of drug-likeness (QED) is 0.908. The van der Waals surface area contributed by atoms with Crippen LogP contribution in [0.2, 0.25) is 0 Å². The molecule has 2 rings (SSSR count). The van der Waals surface area contributed by atoms with Crippen LogP contribution in [0.4, 0.5) is 5.69 Å². The van der Waals surface area contributed by atoms with Crippen molar-refractivity contribution in [2.45, 2.75) is 32.7 Å². The van der Waals surface area contributed by atoms with E-state index in [2.05, 4.69) is 21.2 Å². The standard InChI is InChI=1S/C14H17BrN2O2/c1-4-14(3)13(19)17(8-12(18)16-14)10-6-5-9(2)11(15)7-10/h5-7H,4,8H2,1-3H3,(H,16,18). The summed E-state index contributed by atoms with van der Waals surface area (Å²) in [6.45, 7) is 5.72. The third-order valence-corrected chi connectivity index (χ3v) is 4.46. The minimum atomic E-state index is -0.813. The molecule has 0 radical (unpaired) electrons. The van der Waals surface area contributed by atoms with Crippen molar-refractivity contribution in [3.8, 4) is 0 Å². The molecule has 0 aromatic heterocycles. The number of nitrogens with zero attached hydrogens (tertiary/aromatic N) is 1. The Morgan fingerprint density at radius 3 is 2.68 bits per heavy atom. The molecule has 0 aliphatic carbocycles. The fourth-order valence-corrected chi connectivity index (χ4v) is 2.48. The molecule has 2 amide bonds. The number of aryl methyl sites for hydroxylation is 1. The van der Waals surface area contributed by atoms with E-state index < -0.39 is 5.54 Å². The first kappa shape index (κ1) is 14.1. The molecule has 0 bridgehead atoms. The van der Waals surface area contributed by atoms with Crippen molar-refractivity contribution < 1.29 is 9.59 Å². The highest BCUT2D eigenvalue weighted by molar-refractivity contribution is 9.10. The highest BCUT2D eigenvalue weighted by Gasteiger charge is 2.42. The molecular weight excluding hydrogens is 308 g/mol. The highest BCUT2D eigenvalue weighted by Crippen LogP contribution is 2.27. The number of carbonyl (C=O) groups is 2. The number of carbonyl (C=O) groups excluding carboxylic acids is 2.